The molecule has 7 heteroatoms. The van der Waals surface area contributed by atoms with Gasteiger partial charge in [0.25, 0.3) is 0 Å². The van der Waals surface area contributed by atoms with Crippen molar-refractivity contribution < 1.29 is 14.0 Å². The van der Waals surface area contributed by atoms with Crippen molar-refractivity contribution in [2.45, 2.75) is 24.2 Å². The van der Waals surface area contributed by atoms with Gasteiger partial charge >= 0.3 is 0 Å². The Hall–Kier alpha value is -1.50. The monoisotopic (exact) mass is 315 g/mol. The number of rotatable bonds is 3. The number of anilines is 1. The Kier molecular flexibility index (Phi) is 3.90. The van der Waals surface area contributed by atoms with Crippen LogP contribution in [0.1, 0.15) is 18.4 Å². The van der Waals surface area contributed by atoms with E-state index in [1.165, 1.54) is 6.07 Å². The second-order valence-corrected chi connectivity index (χ2v) is 4.48. The fraction of sp³-hybridized carbons (Fsp3) is 0.364. The number of carbonyl (C=O) groups is 2. The lowest BCUT2D eigenvalue weighted by Crippen LogP contribution is -2.47. The molecule has 1 aromatic rings. The second-order valence-electron chi connectivity index (χ2n) is 3.92. The first kappa shape index (κ1) is 12.9. The number of pyridine rings is 1. The molecule has 1 aromatic heterocycles. The fourth-order valence-electron chi connectivity index (χ4n) is 1.69. The molecule has 1 aliphatic heterocycles. The van der Waals surface area contributed by atoms with Crippen LogP contribution in [0.3, 0.4) is 0 Å². The highest BCUT2D eigenvalue weighted by atomic mass is 79.9. The Morgan fingerprint density at radius 1 is 1.50 bits per heavy atom. The summed E-state index contributed by atoms with van der Waals surface area (Å²) in [5, 5.41) is 5.59. The Balaban J connectivity index is 2.16. The molecule has 0 spiro atoms. The molecule has 18 heavy (non-hydrogen) atoms. The van der Waals surface area contributed by atoms with Crippen LogP contribution in [0.5, 0.6) is 0 Å². The van der Waals surface area contributed by atoms with Gasteiger partial charge in [-0.2, -0.15) is 4.39 Å². The number of carbonyl (C=O) groups excluding carboxylic acids is 2. The second kappa shape index (κ2) is 5.43. The molecule has 0 bridgehead atoms. The Morgan fingerprint density at radius 2 is 2.28 bits per heavy atom. The third-order valence-electron chi connectivity index (χ3n) is 2.64. The van der Waals surface area contributed by atoms with E-state index in [1.807, 2.05) is 0 Å². The Bertz CT molecular complexity index is 495. The highest BCUT2D eigenvalue weighted by Gasteiger charge is 2.27. The average Bonchev–Trinajstić information content (AvgIpc) is 2.33. The lowest BCUT2D eigenvalue weighted by Gasteiger charge is -2.23. The maximum Gasteiger partial charge on any atom is 0.249 e. The summed E-state index contributed by atoms with van der Waals surface area (Å²) in [4.78, 5) is 26.3. The van der Waals surface area contributed by atoms with Crippen LogP contribution in [0.2, 0.25) is 0 Å². The molecule has 1 saturated heterocycles. The van der Waals surface area contributed by atoms with E-state index in [2.05, 4.69) is 31.5 Å². The third kappa shape index (κ3) is 2.84. The zero-order chi connectivity index (χ0) is 13.1. The van der Waals surface area contributed by atoms with Crippen molar-refractivity contribution >= 4 is 33.6 Å². The summed E-state index contributed by atoms with van der Waals surface area (Å²) in [5.41, 5.74) is 0.751. The van der Waals surface area contributed by atoms with E-state index in [0.717, 1.165) is 5.56 Å². The van der Waals surface area contributed by atoms with Crippen molar-refractivity contribution in [1.29, 1.82) is 0 Å². The van der Waals surface area contributed by atoms with Crippen molar-refractivity contribution in [3.8, 4) is 0 Å². The van der Waals surface area contributed by atoms with E-state index in [9.17, 15) is 14.0 Å². The molecule has 0 radical (unpaired) electrons. The van der Waals surface area contributed by atoms with Gasteiger partial charge in [0.05, 0.1) is 0 Å². The number of hydrogen-bond donors (Lipinski definition) is 2. The minimum atomic E-state index is -0.616. The summed E-state index contributed by atoms with van der Waals surface area (Å²) in [5.74, 6) is -0.986. The van der Waals surface area contributed by atoms with Crippen molar-refractivity contribution in [3.05, 3.63) is 23.6 Å². The van der Waals surface area contributed by atoms with Crippen LogP contribution in [0.15, 0.2) is 12.1 Å². The molecule has 0 aromatic carbocycles. The summed E-state index contributed by atoms with van der Waals surface area (Å²) >= 11 is 3.27. The first-order valence-electron chi connectivity index (χ1n) is 5.42. The van der Waals surface area contributed by atoms with Crippen LogP contribution in [-0.2, 0) is 14.9 Å². The number of imide groups is 1. The lowest BCUT2D eigenvalue weighted by atomic mass is 10.1. The van der Waals surface area contributed by atoms with Crippen molar-refractivity contribution in [1.82, 2.24) is 10.3 Å². The van der Waals surface area contributed by atoms with Crippen molar-refractivity contribution in [3.63, 3.8) is 0 Å². The molecule has 96 valence electrons. The maximum atomic E-state index is 13.1. The predicted octanol–water partition coefficient (Wildman–Crippen LogP) is 1.33. The molecule has 0 aliphatic carbocycles. The van der Waals surface area contributed by atoms with Gasteiger partial charge in [0.2, 0.25) is 17.8 Å². The first-order chi connectivity index (χ1) is 8.60. The minimum Gasteiger partial charge on any atom is -0.358 e. The van der Waals surface area contributed by atoms with E-state index in [0.29, 0.717) is 17.6 Å². The number of hydrogen-bond acceptors (Lipinski definition) is 4. The van der Waals surface area contributed by atoms with Gasteiger partial charge in [-0.05, 0) is 18.6 Å². The highest BCUT2D eigenvalue weighted by molar-refractivity contribution is 9.08. The summed E-state index contributed by atoms with van der Waals surface area (Å²) < 4.78 is 13.1. The third-order valence-corrected chi connectivity index (χ3v) is 3.24. The number of halogens is 2. The topological polar surface area (TPSA) is 71.1 Å². The van der Waals surface area contributed by atoms with Crippen LogP contribution in [0.4, 0.5) is 10.2 Å². The SMILES string of the molecule is O=C1CCC(Nc2nc(F)ccc2CBr)C(=O)N1. The number of piperidine rings is 1. The van der Waals surface area contributed by atoms with Gasteiger partial charge in [-0.15, -0.1) is 0 Å². The molecule has 5 nitrogen and oxygen atoms in total. The molecular formula is C11H11BrFN3O2. The number of nitrogens with one attached hydrogen (secondary N) is 2. The van der Waals surface area contributed by atoms with Gasteiger partial charge in [-0.3, -0.25) is 14.9 Å². The molecule has 1 aliphatic rings. The minimum absolute atomic E-state index is 0.266. The van der Waals surface area contributed by atoms with E-state index in [-0.39, 0.29) is 12.3 Å². The lowest BCUT2D eigenvalue weighted by molar-refractivity contribution is -0.133. The van der Waals surface area contributed by atoms with Crippen molar-refractivity contribution in [2.75, 3.05) is 5.32 Å². The van der Waals surface area contributed by atoms with Crippen LogP contribution in [0, 0.1) is 5.95 Å². The van der Waals surface area contributed by atoms with Gasteiger partial charge in [0.1, 0.15) is 11.9 Å². The van der Waals surface area contributed by atoms with Crippen LogP contribution >= 0.6 is 15.9 Å². The van der Waals surface area contributed by atoms with Crippen LogP contribution in [-0.4, -0.2) is 22.8 Å². The predicted molar refractivity (Wildman–Crippen MR) is 66.6 cm³/mol. The van der Waals surface area contributed by atoms with Gasteiger partial charge in [-0.1, -0.05) is 15.9 Å². The average molecular weight is 316 g/mol. The largest absolute Gasteiger partial charge is 0.358 e. The van der Waals surface area contributed by atoms with E-state index in [4.69, 9.17) is 0 Å². The number of amides is 2. The molecule has 2 amide bonds. The van der Waals surface area contributed by atoms with E-state index >= 15 is 0 Å². The molecule has 2 rings (SSSR count). The Morgan fingerprint density at radius 3 is 2.94 bits per heavy atom. The quantitative estimate of drug-likeness (QED) is 0.501. The maximum absolute atomic E-state index is 13.1. The smallest absolute Gasteiger partial charge is 0.249 e. The normalized spacial score (nSPS) is 19.6. The standard InChI is InChI=1S/C11H11BrFN3O2/c12-5-6-1-3-8(13)15-10(6)14-7-2-4-9(17)16-11(7)18/h1,3,7H,2,4-5H2,(H,14,15)(H,16,17,18). The summed E-state index contributed by atoms with van der Waals surface area (Å²) in [6, 6.07) is 2.28. The molecule has 2 N–H and O–H groups in total. The number of nitrogens with zero attached hydrogens (tertiary/aromatic N) is 1. The summed E-state index contributed by atoms with van der Waals surface area (Å²) in [7, 11) is 0. The van der Waals surface area contributed by atoms with E-state index in [1.54, 1.807) is 6.07 Å². The van der Waals surface area contributed by atoms with Crippen LogP contribution < -0.4 is 10.6 Å². The summed E-state index contributed by atoms with van der Waals surface area (Å²) in [6.07, 6.45) is 0.646. The molecule has 1 fully saturated rings. The van der Waals surface area contributed by atoms with Gasteiger partial charge in [-0.25, -0.2) is 4.98 Å². The first-order valence-corrected chi connectivity index (χ1v) is 6.54. The molecule has 1 atom stereocenters. The molecule has 0 saturated carbocycles. The van der Waals surface area contributed by atoms with Gasteiger partial charge in [0, 0.05) is 17.3 Å². The van der Waals surface area contributed by atoms with Gasteiger partial charge in [0.15, 0.2) is 0 Å². The van der Waals surface area contributed by atoms with E-state index < -0.39 is 17.9 Å². The number of alkyl halides is 1. The highest BCUT2D eigenvalue weighted by Crippen LogP contribution is 2.19. The van der Waals surface area contributed by atoms with Gasteiger partial charge < -0.3 is 5.32 Å². The van der Waals surface area contributed by atoms with Crippen molar-refractivity contribution in [2.24, 2.45) is 0 Å². The zero-order valence-corrected chi connectivity index (χ0v) is 11.0. The number of aromatic nitrogens is 1. The van der Waals surface area contributed by atoms with Crippen LogP contribution in [0.25, 0.3) is 0 Å². The summed E-state index contributed by atoms with van der Waals surface area (Å²) in [6.45, 7) is 0. The zero-order valence-electron chi connectivity index (χ0n) is 9.37. The molecule has 1 unspecified atom stereocenters. The molecular weight excluding hydrogens is 305 g/mol. The Labute approximate surface area is 111 Å². The fourth-order valence-corrected chi connectivity index (χ4v) is 2.15. The molecule has 2 heterocycles.